The molecule has 0 atom stereocenters. The van der Waals surface area contributed by atoms with Crippen LogP contribution in [-0.2, 0) is 4.74 Å². The summed E-state index contributed by atoms with van der Waals surface area (Å²) in [4.78, 5) is 8.35. The highest BCUT2D eigenvalue weighted by Crippen LogP contribution is 2.45. The average molecular weight is 473 g/mol. The monoisotopic (exact) mass is 472 g/mol. The third kappa shape index (κ3) is 6.11. The van der Waals surface area contributed by atoms with Gasteiger partial charge in [0.15, 0.2) is 0 Å². The van der Waals surface area contributed by atoms with E-state index in [2.05, 4.69) is 32.0 Å². The van der Waals surface area contributed by atoms with Gasteiger partial charge in [-0.1, -0.05) is 11.6 Å². The molecule has 7 nitrogen and oxygen atoms in total. The Kier molecular flexibility index (Phi) is 7.63. The van der Waals surface area contributed by atoms with E-state index in [4.69, 9.17) is 16.3 Å². The maximum absolute atomic E-state index is 14.3. The lowest BCUT2D eigenvalue weighted by molar-refractivity contribution is 0.191. The Morgan fingerprint density at radius 3 is 2.64 bits per heavy atom. The van der Waals surface area contributed by atoms with Crippen molar-refractivity contribution in [1.82, 2.24) is 15.3 Å². The van der Waals surface area contributed by atoms with Crippen LogP contribution in [0, 0.1) is 22.7 Å². The molecule has 33 heavy (non-hydrogen) atoms. The molecule has 0 aromatic carbocycles. The standard InChI is InChI=1S/C24H30ClFN6O/c1-33-9-8-28-17-2-4-18(5-3-17)32-22-11-19(20(25)13-29-22)16-10-21(23(26)30-12-16)31-15-24(14-27)6-7-24/h10-13,17-18,28,31H,2-9,15H2,1H3,(H,29,32). The number of anilines is 2. The number of ether oxygens (including phenoxy) is 1. The molecule has 2 aliphatic rings. The first-order valence-electron chi connectivity index (χ1n) is 11.5. The van der Waals surface area contributed by atoms with E-state index >= 15 is 0 Å². The molecular weight excluding hydrogens is 443 g/mol. The van der Waals surface area contributed by atoms with Gasteiger partial charge in [0, 0.05) is 55.8 Å². The second kappa shape index (κ2) is 10.6. The lowest BCUT2D eigenvalue weighted by Gasteiger charge is -2.30. The third-order valence-corrected chi connectivity index (χ3v) is 6.83. The van der Waals surface area contributed by atoms with Crippen molar-refractivity contribution in [2.24, 2.45) is 5.41 Å². The Bertz CT molecular complexity index is 1000. The molecule has 0 amide bonds. The van der Waals surface area contributed by atoms with Crippen LogP contribution in [0.5, 0.6) is 0 Å². The highest BCUT2D eigenvalue weighted by Gasteiger charge is 2.43. The highest BCUT2D eigenvalue weighted by atomic mass is 35.5. The molecule has 0 radical (unpaired) electrons. The first-order chi connectivity index (χ1) is 16.0. The quantitative estimate of drug-likeness (QED) is 0.343. The van der Waals surface area contributed by atoms with Gasteiger partial charge in [0.1, 0.15) is 5.82 Å². The van der Waals surface area contributed by atoms with Gasteiger partial charge in [-0.2, -0.15) is 9.65 Å². The van der Waals surface area contributed by atoms with Gasteiger partial charge >= 0.3 is 0 Å². The van der Waals surface area contributed by atoms with E-state index in [1.54, 1.807) is 19.4 Å². The zero-order valence-electron chi connectivity index (χ0n) is 18.8. The van der Waals surface area contributed by atoms with Crippen LogP contribution in [0.25, 0.3) is 11.1 Å². The Morgan fingerprint density at radius 1 is 1.18 bits per heavy atom. The summed E-state index contributed by atoms with van der Waals surface area (Å²) < 4.78 is 19.4. The van der Waals surface area contributed by atoms with E-state index in [1.165, 1.54) is 6.20 Å². The predicted molar refractivity (Wildman–Crippen MR) is 128 cm³/mol. The van der Waals surface area contributed by atoms with Gasteiger partial charge in [-0.05, 0) is 50.7 Å². The Hall–Kier alpha value is -2.47. The average Bonchev–Trinajstić information content (AvgIpc) is 3.62. The lowest BCUT2D eigenvalue weighted by Crippen LogP contribution is -2.38. The number of methoxy groups -OCH3 is 1. The van der Waals surface area contributed by atoms with Crippen molar-refractivity contribution in [2.45, 2.75) is 50.6 Å². The SMILES string of the molecule is COCCNC1CCC(Nc2cc(-c3cnc(F)c(NCC4(C#N)CC4)c3)c(Cl)cn2)CC1. The van der Waals surface area contributed by atoms with Crippen LogP contribution >= 0.6 is 11.6 Å². The summed E-state index contributed by atoms with van der Waals surface area (Å²) in [5.74, 6) is 0.150. The fraction of sp³-hybridized carbons (Fsp3) is 0.542. The van der Waals surface area contributed by atoms with E-state index in [0.29, 0.717) is 29.2 Å². The maximum atomic E-state index is 14.3. The molecule has 0 bridgehead atoms. The van der Waals surface area contributed by atoms with Crippen LogP contribution in [0.1, 0.15) is 38.5 Å². The molecule has 2 heterocycles. The normalized spacial score (nSPS) is 21.3. The number of halogens is 2. The minimum atomic E-state index is -0.591. The summed E-state index contributed by atoms with van der Waals surface area (Å²) in [6, 6.07) is 6.76. The smallest absolute Gasteiger partial charge is 0.236 e. The molecule has 3 N–H and O–H groups in total. The molecule has 0 saturated heterocycles. The zero-order chi connectivity index (χ0) is 23.3. The lowest BCUT2D eigenvalue weighted by atomic mass is 9.91. The van der Waals surface area contributed by atoms with Gasteiger partial charge in [0.2, 0.25) is 5.95 Å². The number of hydrogen-bond acceptors (Lipinski definition) is 7. The zero-order valence-corrected chi connectivity index (χ0v) is 19.6. The van der Waals surface area contributed by atoms with Gasteiger partial charge in [-0.25, -0.2) is 9.97 Å². The van der Waals surface area contributed by atoms with E-state index < -0.39 is 5.95 Å². The molecule has 0 aliphatic heterocycles. The van der Waals surface area contributed by atoms with Crippen LogP contribution < -0.4 is 16.0 Å². The van der Waals surface area contributed by atoms with Crippen LogP contribution in [0.3, 0.4) is 0 Å². The number of aromatic nitrogens is 2. The minimum Gasteiger partial charge on any atom is -0.383 e. The van der Waals surface area contributed by atoms with Crippen molar-refractivity contribution in [3.8, 4) is 17.2 Å². The molecule has 2 fully saturated rings. The largest absolute Gasteiger partial charge is 0.383 e. The molecule has 4 rings (SSSR count). The Balaban J connectivity index is 1.40. The van der Waals surface area contributed by atoms with E-state index in [-0.39, 0.29) is 11.1 Å². The number of pyridine rings is 2. The van der Waals surface area contributed by atoms with Crippen molar-refractivity contribution in [3.63, 3.8) is 0 Å². The number of nitriles is 1. The highest BCUT2D eigenvalue weighted by molar-refractivity contribution is 6.33. The minimum absolute atomic E-state index is 0.274. The first-order valence-corrected chi connectivity index (χ1v) is 11.9. The molecule has 0 unspecified atom stereocenters. The molecule has 176 valence electrons. The van der Waals surface area contributed by atoms with E-state index in [9.17, 15) is 9.65 Å². The van der Waals surface area contributed by atoms with Crippen LogP contribution in [0.2, 0.25) is 5.02 Å². The second-order valence-electron chi connectivity index (χ2n) is 9.00. The summed E-state index contributed by atoms with van der Waals surface area (Å²) in [7, 11) is 1.72. The number of nitrogens with one attached hydrogen (secondary N) is 3. The van der Waals surface area contributed by atoms with Crippen LogP contribution in [-0.4, -0.2) is 48.9 Å². The van der Waals surface area contributed by atoms with Crippen molar-refractivity contribution in [2.75, 3.05) is 37.4 Å². The number of nitrogens with zero attached hydrogens (tertiary/aromatic N) is 3. The van der Waals surface area contributed by atoms with Crippen molar-refractivity contribution < 1.29 is 9.13 Å². The second-order valence-corrected chi connectivity index (χ2v) is 9.40. The summed E-state index contributed by atoms with van der Waals surface area (Å²) >= 11 is 6.43. The van der Waals surface area contributed by atoms with Gasteiger partial charge in [-0.15, -0.1) is 0 Å². The van der Waals surface area contributed by atoms with Crippen molar-refractivity contribution >= 4 is 23.1 Å². The molecule has 2 aromatic heterocycles. The summed E-state index contributed by atoms with van der Waals surface area (Å²) in [5.41, 5.74) is 1.32. The Morgan fingerprint density at radius 2 is 1.94 bits per heavy atom. The van der Waals surface area contributed by atoms with E-state index in [0.717, 1.165) is 63.1 Å². The molecular formula is C24H30ClFN6O. The fourth-order valence-electron chi connectivity index (χ4n) is 4.22. The van der Waals surface area contributed by atoms with Gasteiger partial charge in [0.05, 0.1) is 28.8 Å². The maximum Gasteiger partial charge on any atom is 0.236 e. The fourth-order valence-corrected chi connectivity index (χ4v) is 4.43. The van der Waals surface area contributed by atoms with Gasteiger partial charge < -0.3 is 20.7 Å². The Labute approximate surface area is 199 Å². The van der Waals surface area contributed by atoms with Crippen LogP contribution in [0.15, 0.2) is 24.5 Å². The van der Waals surface area contributed by atoms with Crippen LogP contribution in [0.4, 0.5) is 15.9 Å². The topological polar surface area (TPSA) is 94.9 Å². The van der Waals surface area contributed by atoms with Crippen molar-refractivity contribution in [3.05, 3.63) is 35.5 Å². The molecule has 2 saturated carbocycles. The summed E-state index contributed by atoms with van der Waals surface area (Å²) in [6.07, 6.45) is 9.06. The van der Waals surface area contributed by atoms with Gasteiger partial charge in [-0.3, -0.25) is 0 Å². The van der Waals surface area contributed by atoms with E-state index in [1.807, 2.05) is 6.07 Å². The number of hydrogen-bond donors (Lipinski definition) is 3. The predicted octanol–water partition coefficient (Wildman–Crippen LogP) is 4.61. The first kappa shape index (κ1) is 23.7. The molecule has 9 heteroatoms. The molecule has 0 spiro atoms. The van der Waals surface area contributed by atoms with Gasteiger partial charge in [0.25, 0.3) is 0 Å². The molecule has 2 aromatic rings. The number of rotatable bonds is 10. The summed E-state index contributed by atoms with van der Waals surface area (Å²) in [6.45, 7) is 2.01. The summed E-state index contributed by atoms with van der Waals surface area (Å²) in [5, 5.41) is 19.8. The molecule has 2 aliphatic carbocycles. The third-order valence-electron chi connectivity index (χ3n) is 6.53. The van der Waals surface area contributed by atoms with Crippen molar-refractivity contribution in [1.29, 1.82) is 5.26 Å².